The Balaban J connectivity index is 1.88. The van der Waals surface area contributed by atoms with Gasteiger partial charge in [-0.1, -0.05) is 36.4 Å². The van der Waals surface area contributed by atoms with Crippen LogP contribution in [0.3, 0.4) is 0 Å². The summed E-state index contributed by atoms with van der Waals surface area (Å²) in [6.07, 6.45) is 3.78. The molecule has 1 aliphatic rings. The summed E-state index contributed by atoms with van der Waals surface area (Å²) in [5, 5.41) is 9.16. The number of hydrogen-bond donors (Lipinski definition) is 0. The number of rotatable bonds is 6. The summed E-state index contributed by atoms with van der Waals surface area (Å²) in [7, 11) is 1.41. The van der Waals surface area contributed by atoms with Crippen molar-refractivity contribution < 1.29 is 9.53 Å². The lowest BCUT2D eigenvalue weighted by Crippen LogP contribution is -2.30. The Morgan fingerprint density at radius 1 is 1.20 bits per heavy atom. The standard InChI is InChI=1S/C18H24N4O2S/c1-14(17(23)24-2)25-18-20-19-16(13-21-11-7-4-8-12-21)22(18)15-9-5-3-6-10-15/h3,5-6,9-10,14H,4,7-8,11-13H2,1-2H3. The molecule has 0 radical (unpaired) electrons. The number of nitrogens with zero attached hydrogens (tertiary/aromatic N) is 4. The molecule has 0 bridgehead atoms. The number of benzene rings is 1. The Labute approximate surface area is 152 Å². The second-order valence-corrected chi connectivity index (χ2v) is 7.50. The number of ether oxygens (including phenoxy) is 1. The predicted octanol–water partition coefficient (Wildman–Crippen LogP) is 2.91. The van der Waals surface area contributed by atoms with E-state index in [1.54, 1.807) is 0 Å². The lowest BCUT2D eigenvalue weighted by molar-refractivity contribution is -0.139. The van der Waals surface area contributed by atoms with Crippen LogP contribution in [0.5, 0.6) is 0 Å². The molecule has 3 rings (SSSR count). The van der Waals surface area contributed by atoms with E-state index < -0.39 is 0 Å². The first-order valence-corrected chi connectivity index (χ1v) is 9.53. The first-order valence-electron chi connectivity index (χ1n) is 8.65. The molecule has 1 aromatic carbocycles. The van der Waals surface area contributed by atoms with Gasteiger partial charge in [-0.2, -0.15) is 0 Å². The van der Waals surface area contributed by atoms with Gasteiger partial charge >= 0.3 is 5.97 Å². The number of carbonyl (C=O) groups is 1. The summed E-state index contributed by atoms with van der Waals surface area (Å²) in [6, 6.07) is 10.1. The lowest BCUT2D eigenvalue weighted by Gasteiger charge is -2.26. The number of piperidine rings is 1. The van der Waals surface area contributed by atoms with Gasteiger partial charge in [-0.3, -0.25) is 14.3 Å². The van der Waals surface area contributed by atoms with Crippen LogP contribution in [0.15, 0.2) is 35.5 Å². The van der Waals surface area contributed by atoms with E-state index in [0.717, 1.165) is 36.3 Å². The van der Waals surface area contributed by atoms with Crippen molar-refractivity contribution in [3.63, 3.8) is 0 Å². The molecule has 2 heterocycles. The molecule has 1 unspecified atom stereocenters. The highest BCUT2D eigenvalue weighted by atomic mass is 32.2. The van der Waals surface area contributed by atoms with Crippen LogP contribution in [0.4, 0.5) is 0 Å². The fourth-order valence-electron chi connectivity index (χ4n) is 3.01. The van der Waals surface area contributed by atoms with E-state index in [4.69, 9.17) is 4.74 Å². The number of thioether (sulfide) groups is 1. The van der Waals surface area contributed by atoms with Gasteiger partial charge in [0.25, 0.3) is 0 Å². The smallest absolute Gasteiger partial charge is 0.318 e. The van der Waals surface area contributed by atoms with Gasteiger partial charge < -0.3 is 4.74 Å². The molecule has 0 amide bonds. The first kappa shape index (κ1) is 17.9. The van der Waals surface area contributed by atoms with Crippen molar-refractivity contribution in [2.24, 2.45) is 0 Å². The maximum Gasteiger partial charge on any atom is 0.318 e. The molecule has 1 saturated heterocycles. The minimum absolute atomic E-state index is 0.259. The number of aromatic nitrogens is 3. The molecule has 6 nitrogen and oxygen atoms in total. The van der Waals surface area contributed by atoms with Crippen LogP contribution in [-0.2, 0) is 16.1 Å². The van der Waals surface area contributed by atoms with Gasteiger partial charge in [-0.05, 0) is 45.0 Å². The van der Waals surface area contributed by atoms with E-state index in [2.05, 4.69) is 19.7 Å². The van der Waals surface area contributed by atoms with E-state index in [1.807, 2.05) is 37.3 Å². The molecule has 0 spiro atoms. The Kier molecular flexibility index (Phi) is 6.09. The molecule has 0 N–H and O–H groups in total. The monoisotopic (exact) mass is 360 g/mol. The van der Waals surface area contributed by atoms with Crippen LogP contribution >= 0.6 is 11.8 Å². The van der Waals surface area contributed by atoms with Crippen molar-refractivity contribution in [3.05, 3.63) is 36.2 Å². The van der Waals surface area contributed by atoms with Crippen molar-refractivity contribution >= 4 is 17.7 Å². The van der Waals surface area contributed by atoms with Gasteiger partial charge in [0.05, 0.1) is 13.7 Å². The molecule has 134 valence electrons. The second-order valence-electron chi connectivity index (χ2n) is 6.19. The summed E-state index contributed by atoms with van der Waals surface area (Å²) in [5.41, 5.74) is 1.01. The van der Waals surface area contributed by atoms with Crippen molar-refractivity contribution in [3.8, 4) is 5.69 Å². The van der Waals surface area contributed by atoms with Crippen LogP contribution in [0.2, 0.25) is 0 Å². The van der Waals surface area contributed by atoms with Gasteiger partial charge in [-0.25, -0.2) is 0 Å². The topological polar surface area (TPSA) is 60.2 Å². The second kappa shape index (κ2) is 8.49. The summed E-state index contributed by atoms with van der Waals surface area (Å²) < 4.78 is 6.89. The summed E-state index contributed by atoms with van der Waals surface area (Å²) in [4.78, 5) is 14.2. The zero-order chi connectivity index (χ0) is 17.6. The maximum absolute atomic E-state index is 11.8. The van der Waals surface area contributed by atoms with Gasteiger partial charge in [0, 0.05) is 5.69 Å². The highest BCUT2D eigenvalue weighted by molar-refractivity contribution is 8.00. The van der Waals surface area contributed by atoms with Crippen molar-refractivity contribution in [2.75, 3.05) is 20.2 Å². The number of carbonyl (C=O) groups excluding carboxylic acids is 1. The summed E-state index contributed by atoms with van der Waals surface area (Å²) >= 11 is 1.38. The number of methoxy groups -OCH3 is 1. The number of esters is 1. The zero-order valence-electron chi connectivity index (χ0n) is 14.7. The largest absolute Gasteiger partial charge is 0.468 e. The molecule has 1 atom stereocenters. The predicted molar refractivity (Wildman–Crippen MR) is 97.8 cm³/mol. The average molecular weight is 360 g/mol. The van der Waals surface area contributed by atoms with Crippen molar-refractivity contribution in [2.45, 2.75) is 43.1 Å². The van der Waals surface area contributed by atoms with Gasteiger partial charge in [0.2, 0.25) is 0 Å². The summed E-state index contributed by atoms with van der Waals surface area (Å²) in [6.45, 7) is 4.80. The minimum Gasteiger partial charge on any atom is -0.468 e. The Morgan fingerprint density at radius 2 is 1.92 bits per heavy atom. The number of hydrogen-bond acceptors (Lipinski definition) is 6. The molecular weight excluding hydrogens is 336 g/mol. The number of likely N-dealkylation sites (tertiary alicyclic amines) is 1. The molecule has 1 aliphatic heterocycles. The molecule has 1 fully saturated rings. The Morgan fingerprint density at radius 3 is 2.60 bits per heavy atom. The molecule has 25 heavy (non-hydrogen) atoms. The summed E-state index contributed by atoms with van der Waals surface area (Å²) in [5.74, 6) is 0.651. The molecule has 0 saturated carbocycles. The third-order valence-electron chi connectivity index (χ3n) is 4.34. The van der Waals surface area contributed by atoms with Gasteiger partial charge in [0.1, 0.15) is 5.25 Å². The Bertz CT molecular complexity index is 698. The van der Waals surface area contributed by atoms with E-state index in [-0.39, 0.29) is 11.2 Å². The Hall–Kier alpha value is -1.86. The molecule has 0 aliphatic carbocycles. The van der Waals surface area contributed by atoms with Gasteiger partial charge in [0.15, 0.2) is 11.0 Å². The quantitative estimate of drug-likeness (QED) is 0.583. The average Bonchev–Trinajstić information content (AvgIpc) is 3.04. The highest BCUT2D eigenvalue weighted by Gasteiger charge is 2.22. The zero-order valence-corrected chi connectivity index (χ0v) is 15.5. The first-order chi connectivity index (χ1) is 12.2. The van der Waals surface area contributed by atoms with E-state index in [0.29, 0.717) is 0 Å². The maximum atomic E-state index is 11.8. The fourth-order valence-corrected chi connectivity index (χ4v) is 3.92. The molecular formula is C18H24N4O2S. The molecule has 7 heteroatoms. The SMILES string of the molecule is COC(=O)C(C)Sc1nnc(CN2CCCCC2)n1-c1ccccc1. The lowest BCUT2D eigenvalue weighted by atomic mass is 10.1. The van der Waals surface area contributed by atoms with Crippen LogP contribution < -0.4 is 0 Å². The van der Waals surface area contributed by atoms with Crippen molar-refractivity contribution in [1.82, 2.24) is 19.7 Å². The van der Waals surface area contributed by atoms with E-state index in [1.165, 1.54) is 38.1 Å². The highest BCUT2D eigenvalue weighted by Crippen LogP contribution is 2.27. The van der Waals surface area contributed by atoms with Crippen LogP contribution in [0.25, 0.3) is 5.69 Å². The molecule has 1 aromatic heterocycles. The van der Waals surface area contributed by atoms with Crippen LogP contribution in [0.1, 0.15) is 32.0 Å². The third-order valence-corrected chi connectivity index (χ3v) is 5.36. The van der Waals surface area contributed by atoms with Gasteiger partial charge in [-0.15, -0.1) is 10.2 Å². The third kappa shape index (κ3) is 4.41. The van der Waals surface area contributed by atoms with Crippen molar-refractivity contribution in [1.29, 1.82) is 0 Å². The molecule has 2 aromatic rings. The minimum atomic E-state index is -0.334. The van der Waals surface area contributed by atoms with Crippen LogP contribution in [0, 0.1) is 0 Å². The number of para-hydroxylation sites is 1. The van der Waals surface area contributed by atoms with E-state index in [9.17, 15) is 4.79 Å². The normalized spacial score (nSPS) is 16.6. The van der Waals surface area contributed by atoms with Crippen LogP contribution in [-0.4, -0.2) is 51.1 Å². The van der Waals surface area contributed by atoms with E-state index >= 15 is 0 Å². The fraction of sp³-hybridized carbons (Fsp3) is 0.500.